The van der Waals surface area contributed by atoms with Gasteiger partial charge in [0.1, 0.15) is 0 Å². The Morgan fingerprint density at radius 1 is 1.56 bits per heavy atom. The highest BCUT2D eigenvalue weighted by molar-refractivity contribution is 5.80. The number of aromatic nitrogens is 2. The molecule has 0 aliphatic carbocycles. The Hall–Kier alpha value is -2.05. The van der Waals surface area contributed by atoms with Crippen LogP contribution in [0.15, 0.2) is 12.4 Å². The molecule has 0 saturated carbocycles. The quantitative estimate of drug-likeness (QED) is 0.804. The van der Waals surface area contributed by atoms with Gasteiger partial charge in [0.2, 0.25) is 0 Å². The van der Waals surface area contributed by atoms with Crippen molar-refractivity contribution in [3.63, 3.8) is 0 Å². The minimum absolute atomic E-state index is 0.143. The third-order valence-electron chi connectivity index (χ3n) is 3.08. The Morgan fingerprint density at radius 2 is 2.22 bits per heavy atom. The molecule has 1 aromatic heterocycles. The lowest BCUT2D eigenvalue weighted by Gasteiger charge is -2.37. The van der Waals surface area contributed by atoms with Crippen molar-refractivity contribution in [1.82, 2.24) is 20.0 Å². The molecule has 1 aromatic rings. The number of carboxylic acid groups (broad SMARTS) is 1. The summed E-state index contributed by atoms with van der Waals surface area (Å²) in [7, 11) is 1.81. The van der Waals surface area contributed by atoms with E-state index in [1.54, 1.807) is 10.9 Å². The van der Waals surface area contributed by atoms with Gasteiger partial charge < -0.3 is 15.3 Å². The molecular weight excluding hydrogens is 236 g/mol. The number of hydrogen-bond donors (Lipinski definition) is 2. The fourth-order valence-electron chi connectivity index (χ4n) is 1.82. The van der Waals surface area contributed by atoms with E-state index < -0.39 is 11.9 Å². The first kappa shape index (κ1) is 12.4. The highest BCUT2D eigenvalue weighted by atomic mass is 16.4. The topological polar surface area (TPSA) is 87.5 Å². The van der Waals surface area contributed by atoms with Gasteiger partial charge in [0.25, 0.3) is 0 Å². The number of amides is 2. The Labute approximate surface area is 104 Å². The van der Waals surface area contributed by atoms with Gasteiger partial charge in [-0.3, -0.25) is 9.48 Å². The maximum atomic E-state index is 11.8. The number of hydrogen-bond acceptors (Lipinski definition) is 3. The van der Waals surface area contributed by atoms with Gasteiger partial charge in [-0.05, 0) is 6.92 Å². The molecular formula is C11H16N4O3. The molecule has 0 spiro atoms. The van der Waals surface area contributed by atoms with Crippen LogP contribution in [0.25, 0.3) is 0 Å². The van der Waals surface area contributed by atoms with Gasteiger partial charge in [-0.25, -0.2) is 4.79 Å². The molecule has 2 amide bonds. The third-order valence-corrected chi connectivity index (χ3v) is 3.08. The van der Waals surface area contributed by atoms with Crippen LogP contribution in [0.2, 0.25) is 0 Å². The first-order valence-corrected chi connectivity index (χ1v) is 5.74. The molecule has 1 atom stereocenters. The average Bonchev–Trinajstić information content (AvgIpc) is 2.61. The number of urea groups is 1. The molecule has 0 aromatic carbocycles. The summed E-state index contributed by atoms with van der Waals surface area (Å²) in [5.74, 6) is -1.27. The van der Waals surface area contributed by atoms with Crippen molar-refractivity contribution in [2.75, 3.05) is 13.1 Å². The molecule has 1 saturated heterocycles. The average molecular weight is 252 g/mol. The largest absolute Gasteiger partial charge is 0.481 e. The zero-order valence-electron chi connectivity index (χ0n) is 10.3. The molecule has 0 bridgehead atoms. The van der Waals surface area contributed by atoms with E-state index in [0.717, 1.165) is 5.56 Å². The van der Waals surface area contributed by atoms with Crippen LogP contribution in [0.1, 0.15) is 18.5 Å². The number of carbonyl (C=O) groups excluding carboxylic acids is 1. The molecule has 98 valence electrons. The summed E-state index contributed by atoms with van der Waals surface area (Å²) in [6.45, 7) is 2.42. The summed E-state index contributed by atoms with van der Waals surface area (Å²) in [6.07, 6.45) is 3.53. The maximum Gasteiger partial charge on any atom is 0.317 e. The van der Waals surface area contributed by atoms with E-state index in [9.17, 15) is 9.59 Å². The number of likely N-dealkylation sites (tertiary alicyclic amines) is 1. The van der Waals surface area contributed by atoms with Gasteiger partial charge in [0, 0.05) is 31.9 Å². The Morgan fingerprint density at radius 3 is 2.72 bits per heavy atom. The highest BCUT2D eigenvalue weighted by Gasteiger charge is 2.35. The smallest absolute Gasteiger partial charge is 0.317 e. The van der Waals surface area contributed by atoms with E-state index in [-0.39, 0.29) is 25.2 Å². The second-order valence-corrected chi connectivity index (χ2v) is 4.56. The predicted octanol–water partition coefficient (Wildman–Crippen LogP) is 0.207. The van der Waals surface area contributed by atoms with Crippen LogP contribution in [0.3, 0.4) is 0 Å². The lowest BCUT2D eigenvalue weighted by molar-refractivity contribution is -0.146. The van der Waals surface area contributed by atoms with Crippen LogP contribution in [0, 0.1) is 5.92 Å². The second-order valence-electron chi connectivity index (χ2n) is 4.56. The minimum atomic E-state index is -0.848. The van der Waals surface area contributed by atoms with Crippen molar-refractivity contribution >= 4 is 12.0 Å². The van der Waals surface area contributed by atoms with Gasteiger partial charge in [0.05, 0.1) is 18.2 Å². The summed E-state index contributed by atoms with van der Waals surface area (Å²) in [5, 5.41) is 15.6. The number of rotatable bonds is 3. The van der Waals surface area contributed by atoms with Crippen LogP contribution in [-0.4, -0.2) is 44.9 Å². The second kappa shape index (κ2) is 4.67. The summed E-state index contributed by atoms with van der Waals surface area (Å²) in [5.41, 5.74) is 0.918. The number of carboxylic acids is 1. The van der Waals surface area contributed by atoms with Crippen molar-refractivity contribution < 1.29 is 14.7 Å². The number of nitrogens with zero attached hydrogens (tertiary/aromatic N) is 3. The highest BCUT2D eigenvalue weighted by Crippen LogP contribution is 2.17. The first-order valence-electron chi connectivity index (χ1n) is 5.74. The lowest BCUT2D eigenvalue weighted by atomic mass is 10.0. The molecule has 1 aliphatic heterocycles. The molecule has 7 nitrogen and oxygen atoms in total. The maximum absolute atomic E-state index is 11.8. The molecule has 1 unspecified atom stereocenters. The van der Waals surface area contributed by atoms with Gasteiger partial charge in [-0.15, -0.1) is 0 Å². The molecule has 2 heterocycles. The summed E-state index contributed by atoms with van der Waals surface area (Å²) in [4.78, 5) is 23.9. The van der Waals surface area contributed by atoms with Gasteiger partial charge >= 0.3 is 12.0 Å². The summed E-state index contributed by atoms with van der Waals surface area (Å²) in [6, 6.07) is -0.376. The van der Waals surface area contributed by atoms with E-state index >= 15 is 0 Å². The number of aliphatic carboxylic acids is 1. The van der Waals surface area contributed by atoms with Crippen molar-refractivity contribution in [3.05, 3.63) is 18.0 Å². The Kier molecular flexibility index (Phi) is 3.22. The third kappa shape index (κ3) is 2.44. The summed E-state index contributed by atoms with van der Waals surface area (Å²) >= 11 is 0. The zero-order chi connectivity index (χ0) is 13.3. The number of nitrogens with one attached hydrogen (secondary N) is 1. The molecule has 7 heteroatoms. The lowest BCUT2D eigenvalue weighted by Crippen LogP contribution is -2.56. The predicted molar refractivity (Wildman–Crippen MR) is 62.9 cm³/mol. The molecule has 18 heavy (non-hydrogen) atoms. The van der Waals surface area contributed by atoms with Crippen molar-refractivity contribution in [2.24, 2.45) is 13.0 Å². The molecule has 1 aliphatic rings. The van der Waals surface area contributed by atoms with Crippen LogP contribution >= 0.6 is 0 Å². The summed E-state index contributed by atoms with van der Waals surface area (Å²) < 4.78 is 1.67. The van der Waals surface area contributed by atoms with Crippen LogP contribution in [-0.2, 0) is 11.8 Å². The van der Waals surface area contributed by atoms with E-state index in [0.29, 0.717) is 0 Å². The number of carbonyl (C=O) groups is 2. The van der Waals surface area contributed by atoms with Gasteiger partial charge in [-0.1, -0.05) is 0 Å². The molecule has 2 N–H and O–H groups in total. The normalized spacial score (nSPS) is 17.1. The number of aryl methyl sites for hydroxylation is 1. The van der Waals surface area contributed by atoms with Crippen molar-refractivity contribution in [2.45, 2.75) is 13.0 Å². The van der Waals surface area contributed by atoms with Crippen LogP contribution in [0.5, 0.6) is 0 Å². The van der Waals surface area contributed by atoms with E-state index in [1.807, 2.05) is 20.2 Å². The molecule has 2 rings (SSSR count). The van der Waals surface area contributed by atoms with E-state index in [1.165, 1.54) is 4.90 Å². The first-order chi connectivity index (χ1) is 8.47. The van der Waals surface area contributed by atoms with Crippen molar-refractivity contribution in [1.29, 1.82) is 0 Å². The van der Waals surface area contributed by atoms with Gasteiger partial charge in [-0.2, -0.15) is 5.10 Å². The Balaban J connectivity index is 1.84. The standard InChI is InChI=1S/C11H16N4O3/c1-7(8-3-12-14(2)4-8)13-11(18)15-5-9(6-15)10(16)17/h3-4,7,9H,5-6H2,1-2H3,(H,13,18)(H,16,17). The van der Waals surface area contributed by atoms with Crippen LogP contribution in [0.4, 0.5) is 4.79 Å². The van der Waals surface area contributed by atoms with Crippen molar-refractivity contribution in [3.8, 4) is 0 Å². The zero-order valence-corrected chi connectivity index (χ0v) is 10.3. The van der Waals surface area contributed by atoms with E-state index in [2.05, 4.69) is 10.4 Å². The fraction of sp³-hybridized carbons (Fsp3) is 0.545. The molecule has 0 radical (unpaired) electrons. The van der Waals surface area contributed by atoms with Crippen LogP contribution < -0.4 is 5.32 Å². The SMILES string of the molecule is CC(NC(=O)N1CC(C(=O)O)C1)c1cnn(C)c1. The monoisotopic (exact) mass is 252 g/mol. The Bertz CT molecular complexity index is 465. The minimum Gasteiger partial charge on any atom is -0.481 e. The fourth-order valence-corrected chi connectivity index (χ4v) is 1.82. The molecule has 1 fully saturated rings. The van der Waals surface area contributed by atoms with E-state index in [4.69, 9.17) is 5.11 Å². The van der Waals surface area contributed by atoms with Gasteiger partial charge in [0.15, 0.2) is 0 Å².